The minimum Gasteiger partial charge on any atom is -0.384 e. The molecule has 0 bridgehead atoms. The van der Waals surface area contributed by atoms with Gasteiger partial charge in [-0.3, -0.25) is 4.79 Å². The lowest BCUT2D eigenvalue weighted by Gasteiger charge is -2.14. The molecule has 0 saturated carbocycles. The number of benzene rings is 2. The van der Waals surface area contributed by atoms with Gasteiger partial charge in [0.2, 0.25) is 0 Å². The molecule has 2 aromatic carbocycles. The smallest absolute Gasteiger partial charge is 0.159 e. The Morgan fingerprint density at radius 2 is 1.65 bits per heavy atom. The number of carbonyl (C=O) groups is 1. The quantitative estimate of drug-likeness (QED) is 0.820. The number of halogens is 1. The van der Waals surface area contributed by atoms with E-state index in [0.29, 0.717) is 5.92 Å². The molecule has 1 unspecified atom stereocenters. The number of ketones is 1. The van der Waals surface area contributed by atoms with Crippen molar-refractivity contribution >= 4 is 23.9 Å². The van der Waals surface area contributed by atoms with Crippen molar-refractivity contribution in [3.8, 4) is 0 Å². The molecular formula is C17H20ClNO. The lowest BCUT2D eigenvalue weighted by Crippen LogP contribution is -2.09. The average molecular weight is 290 g/mol. The van der Waals surface area contributed by atoms with Crippen LogP contribution in [0.25, 0.3) is 0 Å². The average Bonchev–Trinajstić information content (AvgIpc) is 2.46. The fraction of sp³-hybridized carbons (Fsp3) is 0.235. The third-order valence-electron chi connectivity index (χ3n) is 3.27. The highest BCUT2D eigenvalue weighted by Gasteiger charge is 2.04. The normalized spacial score (nSPS) is 11.3. The number of carbonyl (C=O) groups excluding carboxylic acids is 1. The Balaban J connectivity index is 0.00000200. The molecule has 106 valence electrons. The van der Waals surface area contributed by atoms with Crippen molar-refractivity contribution in [3.05, 3.63) is 65.7 Å². The predicted molar refractivity (Wildman–Crippen MR) is 87.0 cm³/mol. The highest BCUT2D eigenvalue weighted by atomic mass is 35.5. The summed E-state index contributed by atoms with van der Waals surface area (Å²) in [6, 6.07) is 18.1. The molecule has 0 heterocycles. The van der Waals surface area contributed by atoms with Gasteiger partial charge in [-0.15, -0.1) is 12.4 Å². The molecule has 0 spiro atoms. The number of Topliss-reactive ketones (excluding diaryl/α,β-unsaturated/α-hetero) is 1. The van der Waals surface area contributed by atoms with Gasteiger partial charge in [0.25, 0.3) is 0 Å². The number of hydrogen-bond acceptors (Lipinski definition) is 2. The van der Waals surface area contributed by atoms with Crippen LogP contribution in [0, 0.1) is 0 Å². The Bertz CT molecular complexity index is 537. The van der Waals surface area contributed by atoms with Crippen molar-refractivity contribution in [2.45, 2.75) is 19.8 Å². The minimum absolute atomic E-state index is 0. The molecule has 0 fully saturated rings. The summed E-state index contributed by atoms with van der Waals surface area (Å²) in [4.78, 5) is 11.2. The Morgan fingerprint density at radius 3 is 2.20 bits per heavy atom. The van der Waals surface area contributed by atoms with Gasteiger partial charge >= 0.3 is 0 Å². The first-order valence-electron chi connectivity index (χ1n) is 6.56. The van der Waals surface area contributed by atoms with Crippen molar-refractivity contribution in [2.24, 2.45) is 0 Å². The number of anilines is 1. The molecule has 0 saturated heterocycles. The lowest BCUT2D eigenvalue weighted by molar-refractivity contribution is 0.101. The molecule has 3 heteroatoms. The molecule has 1 N–H and O–H groups in total. The number of rotatable bonds is 5. The van der Waals surface area contributed by atoms with Crippen LogP contribution in [0.15, 0.2) is 54.6 Å². The monoisotopic (exact) mass is 289 g/mol. The molecule has 20 heavy (non-hydrogen) atoms. The fourth-order valence-electron chi connectivity index (χ4n) is 1.99. The van der Waals surface area contributed by atoms with Crippen LogP contribution >= 0.6 is 12.4 Å². The number of hydrogen-bond donors (Lipinski definition) is 1. The van der Waals surface area contributed by atoms with E-state index in [0.717, 1.165) is 17.8 Å². The summed E-state index contributed by atoms with van der Waals surface area (Å²) in [5.41, 5.74) is 3.13. The minimum atomic E-state index is 0. The van der Waals surface area contributed by atoms with E-state index in [1.54, 1.807) is 6.92 Å². The van der Waals surface area contributed by atoms with Gasteiger partial charge in [0.1, 0.15) is 0 Å². The van der Waals surface area contributed by atoms with Crippen LogP contribution in [0.2, 0.25) is 0 Å². The SMILES string of the molecule is CC(=O)c1ccc(NCC(C)c2ccccc2)cc1.Cl. The number of nitrogens with one attached hydrogen (secondary N) is 1. The molecule has 0 aliphatic carbocycles. The van der Waals surface area contributed by atoms with Crippen LogP contribution in [0.3, 0.4) is 0 Å². The van der Waals surface area contributed by atoms with E-state index in [1.807, 2.05) is 30.3 Å². The van der Waals surface area contributed by atoms with Gasteiger partial charge in [-0.2, -0.15) is 0 Å². The van der Waals surface area contributed by atoms with Crippen molar-refractivity contribution in [1.29, 1.82) is 0 Å². The highest BCUT2D eigenvalue weighted by molar-refractivity contribution is 5.94. The molecule has 0 amide bonds. The van der Waals surface area contributed by atoms with Gasteiger partial charge in [-0.1, -0.05) is 37.3 Å². The molecule has 0 radical (unpaired) electrons. The van der Waals surface area contributed by atoms with E-state index >= 15 is 0 Å². The zero-order chi connectivity index (χ0) is 13.7. The van der Waals surface area contributed by atoms with Crippen LogP contribution in [-0.2, 0) is 0 Å². The van der Waals surface area contributed by atoms with Crippen molar-refractivity contribution in [3.63, 3.8) is 0 Å². The van der Waals surface area contributed by atoms with Crippen molar-refractivity contribution in [1.82, 2.24) is 0 Å². The molecule has 0 aliphatic heterocycles. The Hall–Kier alpha value is -1.80. The van der Waals surface area contributed by atoms with Crippen LogP contribution in [0.1, 0.15) is 35.7 Å². The molecule has 0 aliphatic rings. The van der Waals surface area contributed by atoms with Crippen molar-refractivity contribution in [2.75, 3.05) is 11.9 Å². The predicted octanol–water partition coefficient (Wildman–Crippen LogP) is 4.53. The first-order chi connectivity index (χ1) is 9.16. The second-order valence-electron chi connectivity index (χ2n) is 4.83. The standard InChI is InChI=1S/C17H19NO.ClH/c1-13(15-6-4-3-5-7-15)12-18-17-10-8-16(9-11-17)14(2)19;/h3-11,13,18H,12H2,1-2H3;1H. The summed E-state index contributed by atoms with van der Waals surface area (Å²) in [7, 11) is 0. The Kier molecular flexibility index (Phi) is 6.26. The Labute approximate surface area is 126 Å². The first kappa shape index (κ1) is 16.3. The second kappa shape index (κ2) is 7.71. The molecule has 2 aromatic rings. The molecule has 0 aromatic heterocycles. The lowest BCUT2D eigenvalue weighted by atomic mass is 10.0. The van der Waals surface area contributed by atoms with Gasteiger partial charge in [0.05, 0.1) is 0 Å². The molecule has 1 atom stereocenters. The summed E-state index contributed by atoms with van der Waals surface area (Å²) in [6.07, 6.45) is 0. The molecule has 2 nitrogen and oxygen atoms in total. The Morgan fingerprint density at radius 1 is 1.05 bits per heavy atom. The van der Waals surface area contributed by atoms with E-state index < -0.39 is 0 Å². The van der Waals surface area contributed by atoms with E-state index in [-0.39, 0.29) is 18.2 Å². The van der Waals surface area contributed by atoms with Crippen LogP contribution in [0.4, 0.5) is 5.69 Å². The summed E-state index contributed by atoms with van der Waals surface area (Å²) >= 11 is 0. The van der Waals surface area contributed by atoms with E-state index in [9.17, 15) is 4.79 Å². The first-order valence-corrected chi connectivity index (χ1v) is 6.56. The summed E-state index contributed by atoms with van der Waals surface area (Å²) < 4.78 is 0. The third-order valence-corrected chi connectivity index (χ3v) is 3.27. The van der Waals surface area contributed by atoms with Gasteiger partial charge in [0.15, 0.2) is 5.78 Å². The van der Waals surface area contributed by atoms with Crippen LogP contribution in [0.5, 0.6) is 0 Å². The van der Waals surface area contributed by atoms with Gasteiger partial charge < -0.3 is 5.32 Å². The molecular weight excluding hydrogens is 270 g/mol. The maximum Gasteiger partial charge on any atom is 0.159 e. The zero-order valence-electron chi connectivity index (χ0n) is 11.8. The second-order valence-corrected chi connectivity index (χ2v) is 4.83. The summed E-state index contributed by atoms with van der Waals surface area (Å²) in [5.74, 6) is 0.554. The highest BCUT2D eigenvalue weighted by Crippen LogP contribution is 2.16. The largest absolute Gasteiger partial charge is 0.384 e. The van der Waals surface area contributed by atoms with E-state index in [4.69, 9.17) is 0 Å². The summed E-state index contributed by atoms with van der Waals surface area (Å²) in [6.45, 7) is 4.66. The maximum atomic E-state index is 11.2. The van der Waals surface area contributed by atoms with Crippen molar-refractivity contribution < 1.29 is 4.79 Å². The topological polar surface area (TPSA) is 29.1 Å². The maximum absolute atomic E-state index is 11.2. The summed E-state index contributed by atoms with van der Waals surface area (Å²) in [5, 5.41) is 3.40. The third kappa shape index (κ3) is 4.39. The van der Waals surface area contributed by atoms with Crippen LogP contribution < -0.4 is 5.32 Å². The van der Waals surface area contributed by atoms with Gasteiger partial charge in [-0.05, 0) is 42.7 Å². The fourth-order valence-corrected chi connectivity index (χ4v) is 1.99. The van der Waals surface area contributed by atoms with E-state index in [1.165, 1.54) is 5.56 Å². The zero-order valence-corrected chi connectivity index (χ0v) is 12.6. The van der Waals surface area contributed by atoms with Gasteiger partial charge in [-0.25, -0.2) is 0 Å². The van der Waals surface area contributed by atoms with Gasteiger partial charge in [0, 0.05) is 17.8 Å². The van der Waals surface area contributed by atoms with Crippen LogP contribution in [-0.4, -0.2) is 12.3 Å². The molecule has 2 rings (SSSR count). The van der Waals surface area contributed by atoms with E-state index in [2.05, 4.69) is 36.5 Å².